The van der Waals surface area contributed by atoms with Gasteiger partial charge in [0.2, 0.25) is 0 Å². The van der Waals surface area contributed by atoms with E-state index in [0.29, 0.717) is 35.1 Å². The molecule has 2 N–H and O–H groups in total. The summed E-state index contributed by atoms with van der Waals surface area (Å²) in [5, 5.41) is 5.88. The monoisotopic (exact) mass is 500 g/mol. The number of aromatic nitrogens is 2. The number of carbonyl (C=O) groups excluding carboxylic acids is 1. The second-order valence-electron chi connectivity index (χ2n) is 7.80. The first kappa shape index (κ1) is 28.2. The average molecular weight is 501 g/mol. The molecule has 0 aliphatic carbocycles. The molecule has 3 rings (SSSR count). The van der Waals surface area contributed by atoms with Crippen LogP contribution in [0.1, 0.15) is 48.7 Å². The zero-order chi connectivity index (χ0) is 26.9. The van der Waals surface area contributed by atoms with Gasteiger partial charge in [0, 0.05) is 41.9 Å². The molecule has 0 spiro atoms. The minimum atomic E-state index is -4.63. The van der Waals surface area contributed by atoms with Gasteiger partial charge >= 0.3 is 6.18 Å². The van der Waals surface area contributed by atoms with Crippen molar-refractivity contribution in [2.24, 2.45) is 0 Å². The number of nitrogens with zero attached hydrogens (tertiary/aromatic N) is 2. The van der Waals surface area contributed by atoms with Crippen molar-refractivity contribution in [3.63, 3.8) is 0 Å². The van der Waals surface area contributed by atoms with Crippen LogP contribution in [0.25, 0.3) is 16.8 Å². The first-order chi connectivity index (χ1) is 17.0. The highest BCUT2D eigenvalue weighted by atomic mass is 19.4. The van der Waals surface area contributed by atoms with Crippen molar-refractivity contribution in [3.05, 3.63) is 90.7 Å². The zero-order valence-corrected chi connectivity index (χ0v) is 20.3. The number of anilines is 2. The smallest absolute Gasteiger partial charge is 0.354 e. The Bertz CT molecular complexity index is 1240. The first-order valence-corrected chi connectivity index (χ1v) is 11.1. The first-order valence-electron chi connectivity index (χ1n) is 11.1. The van der Waals surface area contributed by atoms with Gasteiger partial charge in [-0.15, -0.1) is 6.58 Å². The van der Waals surface area contributed by atoms with Crippen LogP contribution in [0.4, 0.5) is 28.9 Å². The second kappa shape index (κ2) is 12.6. The number of hydrogen-bond acceptors (Lipinski definition) is 4. The Hall–Kier alpha value is -4.01. The highest BCUT2D eigenvalue weighted by Gasteiger charge is 2.31. The molecule has 0 fully saturated rings. The Labute approximate surface area is 208 Å². The predicted octanol–water partition coefficient (Wildman–Crippen LogP) is 7.41. The number of allylic oxidation sites excluding steroid dienone is 2. The summed E-state index contributed by atoms with van der Waals surface area (Å²) in [6, 6.07) is 5.18. The SMILES string of the molecule is C=C(C)c1cnc(-c2cc(C(F)(F)F)ccc2F)cc1Nc1ccncc1C(=O)NCCC.C=CC. The van der Waals surface area contributed by atoms with E-state index in [-0.39, 0.29) is 22.7 Å². The number of amides is 1. The van der Waals surface area contributed by atoms with E-state index in [4.69, 9.17) is 0 Å². The van der Waals surface area contributed by atoms with Gasteiger partial charge in [0.05, 0.1) is 22.5 Å². The summed E-state index contributed by atoms with van der Waals surface area (Å²) in [4.78, 5) is 20.7. The fourth-order valence-corrected chi connectivity index (χ4v) is 3.11. The van der Waals surface area contributed by atoms with Gasteiger partial charge in [0.15, 0.2) is 0 Å². The summed E-state index contributed by atoms with van der Waals surface area (Å²) < 4.78 is 53.9. The maximum Gasteiger partial charge on any atom is 0.416 e. The predicted molar refractivity (Wildman–Crippen MR) is 135 cm³/mol. The highest BCUT2D eigenvalue weighted by molar-refractivity contribution is 6.00. The van der Waals surface area contributed by atoms with Crippen molar-refractivity contribution in [1.29, 1.82) is 0 Å². The van der Waals surface area contributed by atoms with Gasteiger partial charge in [-0.25, -0.2) is 4.39 Å². The van der Waals surface area contributed by atoms with Crippen LogP contribution in [-0.2, 0) is 6.18 Å². The minimum absolute atomic E-state index is 0.00265. The number of pyridine rings is 2. The molecule has 0 atom stereocenters. The van der Waals surface area contributed by atoms with Crippen LogP contribution < -0.4 is 10.6 Å². The molecule has 190 valence electrons. The lowest BCUT2D eigenvalue weighted by Crippen LogP contribution is -2.25. The molecular weight excluding hydrogens is 472 g/mol. The molecule has 9 heteroatoms. The minimum Gasteiger partial charge on any atom is -0.354 e. The Morgan fingerprint density at radius 1 is 1.11 bits per heavy atom. The summed E-state index contributed by atoms with van der Waals surface area (Å²) in [6.07, 6.45) is 2.18. The lowest BCUT2D eigenvalue weighted by molar-refractivity contribution is -0.137. The number of halogens is 4. The summed E-state index contributed by atoms with van der Waals surface area (Å²) in [7, 11) is 0. The lowest BCUT2D eigenvalue weighted by Gasteiger charge is -2.16. The van der Waals surface area contributed by atoms with Crippen molar-refractivity contribution < 1.29 is 22.4 Å². The van der Waals surface area contributed by atoms with Crippen LogP contribution in [0.2, 0.25) is 0 Å². The van der Waals surface area contributed by atoms with E-state index in [2.05, 4.69) is 33.8 Å². The number of rotatable bonds is 7. The molecule has 0 radical (unpaired) electrons. The summed E-state index contributed by atoms with van der Waals surface area (Å²) in [5.74, 6) is -1.17. The molecule has 0 saturated heterocycles. The molecule has 0 unspecified atom stereocenters. The molecule has 2 aromatic heterocycles. The fraction of sp³-hybridized carbons (Fsp3) is 0.222. The molecule has 2 heterocycles. The molecule has 0 aliphatic heterocycles. The van der Waals surface area contributed by atoms with Crippen molar-refractivity contribution >= 4 is 22.9 Å². The topological polar surface area (TPSA) is 66.9 Å². The van der Waals surface area contributed by atoms with Crippen LogP contribution in [-0.4, -0.2) is 22.4 Å². The number of hydrogen-bond donors (Lipinski definition) is 2. The molecule has 0 saturated carbocycles. The lowest BCUT2D eigenvalue weighted by atomic mass is 10.0. The van der Waals surface area contributed by atoms with E-state index < -0.39 is 17.6 Å². The second-order valence-corrected chi connectivity index (χ2v) is 7.80. The van der Waals surface area contributed by atoms with Crippen molar-refractivity contribution in [2.45, 2.75) is 33.4 Å². The van der Waals surface area contributed by atoms with Crippen molar-refractivity contribution in [1.82, 2.24) is 15.3 Å². The van der Waals surface area contributed by atoms with Gasteiger partial charge in [-0.05, 0) is 56.2 Å². The Morgan fingerprint density at radius 3 is 2.42 bits per heavy atom. The standard InChI is InChI=1S/C24H22F4N4O.C3H6/c1-4-8-30-23(33)18-12-29-9-7-20(18)32-22-11-21(31-13-17(22)14(2)3)16-10-15(24(26,27)28)5-6-19(16)25;1-3-2/h5-7,9-13H,2,4,8H2,1,3H3,(H,30,33)(H,29,31,32);3H,1H2,2H3. The van der Waals surface area contributed by atoms with Crippen LogP contribution in [0, 0.1) is 5.82 Å². The highest BCUT2D eigenvalue weighted by Crippen LogP contribution is 2.35. The quantitative estimate of drug-likeness (QED) is 0.262. The molecule has 0 bridgehead atoms. The average Bonchev–Trinajstić information content (AvgIpc) is 2.82. The Balaban J connectivity index is 0.00000145. The van der Waals surface area contributed by atoms with Gasteiger partial charge in [0.25, 0.3) is 5.91 Å². The number of alkyl halides is 3. The van der Waals surface area contributed by atoms with E-state index in [1.165, 1.54) is 24.7 Å². The van der Waals surface area contributed by atoms with E-state index in [9.17, 15) is 22.4 Å². The van der Waals surface area contributed by atoms with Crippen molar-refractivity contribution in [3.8, 4) is 11.3 Å². The Morgan fingerprint density at radius 2 is 1.81 bits per heavy atom. The van der Waals surface area contributed by atoms with E-state index in [0.717, 1.165) is 18.6 Å². The molecule has 36 heavy (non-hydrogen) atoms. The third-order valence-corrected chi connectivity index (χ3v) is 4.80. The summed E-state index contributed by atoms with van der Waals surface area (Å²) in [5.41, 5.74) is 0.997. The maximum atomic E-state index is 14.4. The third-order valence-electron chi connectivity index (χ3n) is 4.80. The molecule has 0 aliphatic rings. The number of benzene rings is 1. The maximum absolute atomic E-state index is 14.4. The van der Waals surface area contributed by atoms with Crippen LogP contribution in [0.5, 0.6) is 0 Å². The van der Waals surface area contributed by atoms with Gasteiger partial charge in [-0.1, -0.05) is 19.6 Å². The number of nitrogens with one attached hydrogen (secondary N) is 2. The largest absolute Gasteiger partial charge is 0.416 e. The van der Waals surface area contributed by atoms with Crippen LogP contribution in [0.15, 0.2) is 68.2 Å². The van der Waals surface area contributed by atoms with Gasteiger partial charge in [-0.3, -0.25) is 14.8 Å². The molecule has 1 amide bonds. The van der Waals surface area contributed by atoms with Gasteiger partial charge < -0.3 is 10.6 Å². The van der Waals surface area contributed by atoms with E-state index in [1.807, 2.05) is 13.8 Å². The number of carbonyl (C=O) groups is 1. The molecule has 5 nitrogen and oxygen atoms in total. The Kier molecular flexibility index (Phi) is 9.90. The zero-order valence-electron chi connectivity index (χ0n) is 20.3. The third kappa shape index (κ3) is 7.24. The molecule has 1 aromatic carbocycles. The van der Waals surface area contributed by atoms with E-state index in [1.54, 1.807) is 19.1 Å². The summed E-state index contributed by atoms with van der Waals surface area (Å²) in [6.45, 7) is 13.3. The van der Waals surface area contributed by atoms with E-state index >= 15 is 0 Å². The summed E-state index contributed by atoms with van der Waals surface area (Å²) >= 11 is 0. The normalized spacial score (nSPS) is 10.6. The fourth-order valence-electron chi connectivity index (χ4n) is 3.11. The van der Waals surface area contributed by atoms with Crippen molar-refractivity contribution in [2.75, 3.05) is 11.9 Å². The van der Waals surface area contributed by atoms with Gasteiger partial charge in [-0.2, -0.15) is 13.2 Å². The van der Waals surface area contributed by atoms with Crippen LogP contribution in [0.3, 0.4) is 0 Å². The van der Waals surface area contributed by atoms with Gasteiger partial charge in [0.1, 0.15) is 5.82 Å². The molecular formula is C27H28F4N4O. The molecule has 3 aromatic rings. The van der Waals surface area contributed by atoms with Crippen LogP contribution >= 0.6 is 0 Å².